The number of nitrogens with one attached hydrogen (secondary N) is 1. The van der Waals surface area contributed by atoms with E-state index in [0.29, 0.717) is 11.4 Å². The Hall–Kier alpha value is -2.24. The molecular weight excluding hydrogens is 230 g/mol. The van der Waals surface area contributed by atoms with Gasteiger partial charge in [-0.2, -0.15) is 5.10 Å². The van der Waals surface area contributed by atoms with Crippen LogP contribution in [0.3, 0.4) is 0 Å². The number of amides is 1. The fraction of sp³-hybridized carbons (Fsp3) is 0.333. The number of rotatable bonds is 3. The monoisotopic (exact) mass is 247 g/mol. The van der Waals surface area contributed by atoms with E-state index >= 15 is 0 Å². The molecule has 6 nitrogen and oxygen atoms in total. The Kier molecular flexibility index (Phi) is 3.10. The van der Waals surface area contributed by atoms with Crippen molar-refractivity contribution in [2.24, 2.45) is 14.1 Å². The minimum Gasteiger partial charge on any atom is -0.397 e. The first-order valence-electron chi connectivity index (χ1n) is 5.77. The van der Waals surface area contributed by atoms with E-state index in [2.05, 4.69) is 10.4 Å². The highest BCUT2D eigenvalue weighted by Crippen LogP contribution is 2.16. The van der Waals surface area contributed by atoms with Crippen LogP contribution in [0.25, 0.3) is 0 Å². The number of nitrogens with two attached hydrogens (primary N) is 1. The summed E-state index contributed by atoms with van der Waals surface area (Å²) in [5.74, 6) is -0.183. The van der Waals surface area contributed by atoms with Crippen molar-refractivity contribution in [2.45, 2.75) is 13.3 Å². The number of hydrogen-bond acceptors (Lipinski definition) is 3. The second-order valence-corrected chi connectivity index (χ2v) is 4.24. The molecule has 6 heteroatoms. The van der Waals surface area contributed by atoms with Crippen molar-refractivity contribution < 1.29 is 4.79 Å². The Balaban J connectivity index is 2.23. The Morgan fingerprint density at radius 1 is 1.44 bits per heavy atom. The minimum atomic E-state index is -0.183. The highest BCUT2D eigenvalue weighted by Gasteiger charge is 2.14. The van der Waals surface area contributed by atoms with Gasteiger partial charge in [0.25, 0.3) is 5.91 Å². The molecule has 2 rings (SSSR count). The smallest absolute Gasteiger partial charge is 0.272 e. The van der Waals surface area contributed by atoms with Crippen molar-refractivity contribution >= 4 is 17.3 Å². The second kappa shape index (κ2) is 4.56. The van der Waals surface area contributed by atoms with Gasteiger partial charge in [0.15, 0.2) is 0 Å². The summed E-state index contributed by atoms with van der Waals surface area (Å²) in [4.78, 5) is 12.1. The third-order valence-corrected chi connectivity index (χ3v) is 2.75. The maximum atomic E-state index is 12.1. The molecule has 0 spiro atoms. The van der Waals surface area contributed by atoms with Crippen molar-refractivity contribution in [1.29, 1.82) is 0 Å². The molecule has 0 aliphatic heterocycles. The van der Waals surface area contributed by atoms with E-state index in [1.165, 1.54) is 0 Å². The third kappa shape index (κ3) is 2.22. The standard InChI is InChI=1S/C12H17N5O/c1-4-9-10(7-17(3)15-9)14-12(18)11-5-8(13)6-16(11)2/h5-7H,4,13H2,1-3H3,(H,14,18). The van der Waals surface area contributed by atoms with Crippen LogP contribution >= 0.6 is 0 Å². The van der Waals surface area contributed by atoms with Crippen molar-refractivity contribution in [1.82, 2.24) is 14.3 Å². The van der Waals surface area contributed by atoms with E-state index < -0.39 is 0 Å². The van der Waals surface area contributed by atoms with Crippen molar-refractivity contribution in [3.63, 3.8) is 0 Å². The molecule has 1 amide bonds. The van der Waals surface area contributed by atoms with Crippen LogP contribution in [0.1, 0.15) is 23.1 Å². The van der Waals surface area contributed by atoms with E-state index in [1.807, 2.05) is 14.0 Å². The van der Waals surface area contributed by atoms with Crippen LogP contribution in [0.5, 0.6) is 0 Å². The van der Waals surface area contributed by atoms with Crippen molar-refractivity contribution in [3.8, 4) is 0 Å². The van der Waals surface area contributed by atoms with E-state index in [-0.39, 0.29) is 5.91 Å². The SMILES string of the molecule is CCc1nn(C)cc1NC(=O)c1cc(N)cn1C. The molecule has 96 valence electrons. The summed E-state index contributed by atoms with van der Waals surface area (Å²) in [5, 5.41) is 7.13. The van der Waals surface area contributed by atoms with Crippen molar-refractivity contribution in [3.05, 3.63) is 29.8 Å². The molecule has 2 heterocycles. The maximum absolute atomic E-state index is 12.1. The summed E-state index contributed by atoms with van der Waals surface area (Å²) in [5.41, 5.74) is 8.36. The summed E-state index contributed by atoms with van der Waals surface area (Å²) < 4.78 is 3.39. The normalized spacial score (nSPS) is 10.6. The van der Waals surface area contributed by atoms with Crippen LogP contribution in [-0.2, 0) is 20.5 Å². The highest BCUT2D eigenvalue weighted by molar-refractivity contribution is 6.04. The first kappa shape index (κ1) is 12.2. The van der Waals surface area contributed by atoms with Gasteiger partial charge in [-0.1, -0.05) is 6.92 Å². The van der Waals surface area contributed by atoms with Crippen LogP contribution in [0.15, 0.2) is 18.5 Å². The number of anilines is 2. The molecule has 0 aliphatic rings. The number of carbonyl (C=O) groups excluding carboxylic acids is 1. The van der Waals surface area contributed by atoms with E-state index in [4.69, 9.17) is 5.73 Å². The van der Waals surface area contributed by atoms with E-state index in [0.717, 1.165) is 17.8 Å². The lowest BCUT2D eigenvalue weighted by Gasteiger charge is -2.04. The lowest BCUT2D eigenvalue weighted by molar-refractivity contribution is 0.101. The Bertz CT molecular complexity index is 581. The highest BCUT2D eigenvalue weighted by atomic mass is 16.2. The van der Waals surface area contributed by atoms with Gasteiger partial charge in [0.2, 0.25) is 0 Å². The van der Waals surface area contributed by atoms with Gasteiger partial charge >= 0.3 is 0 Å². The molecule has 0 bridgehead atoms. The van der Waals surface area contributed by atoms with Crippen LogP contribution < -0.4 is 11.1 Å². The van der Waals surface area contributed by atoms with Crippen molar-refractivity contribution in [2.75, 3.05) is 11.1 Å². The summed E-state index contributed by atoms with van der Waals surface area (Å²) in [6.07, 6.45) is 4.27. The number of aryl methyl sites for hydroxylation is 3. The molecule has 18 heavy (non-hydrogen) atoms. The molecular formula is C12H17N5O. The van der Waals surface area contributed by atoms with Gasteiger partial charge in [0.1, 0.15) is 5.69 Å². The molecule has 2 aromatic rings. The third-order valence-electron chi connectivity index (χ3n) is 2.75. The predicted octanol–water partition coefficient (Wildman–Crippen LogP) is 1.16. The van der Waals surface area contributed by atoms with Gasteiger partial charge in [-0.05, 0) is 12.5 Å². The minimum absolute atomic E-state index is 0.183. The number of nitrogen functional groups attached to an aromatic ring is 1. The molecule has 2 aromatic heterocycles. The van der Waals surface area contributed by atoms with Crippen LogP contribution in [0, 0.1) is 0 Å². The average molecular weight is 247 g/mol. The molecule has 0 radical (unpaired) electrons. The second-order valence-electron chi connectivity index (χ2n) is 4.24. The summed E-state index contributed by atoms with van der Waals surface area (Å²) >= 11 is 0. The zero-order valence-corrected chi connectivity index (χ0v) is 10.8. The number of nitrogens with zero attached hydrogens (tertiary/aromatic N) is 3. The first-order valence-corrected chi connectivity index (χ1v) is 5.77. The van der Waals surface area contributed by atoms with Gasteiger partial charge < -0.3 is 15.6 Å². The molecule has 0 aromatic carbocycles. The van der Waals surface area contributed by atoms with Gasteiger partial charge in [-0.25, -0.2) is 0 Å². The summed E-state index contributed by atoms with van der Waals surface area (Å²) in [6.45, 7) is 2.00. The lowest BCUT2D eigenvalue weighted by atomic mass is 10.3. The average Bonchev–Trinajstić information content (AvgIpc) is 2.81. The number of carbonyl (C=O) groups is 1. The van der Waals surface area contributed by atoms with Crippen LogP contribution in [-0.4, -0.2) is 20.3 Å². The first-order chi connectivity index (χ1) is 8.51. The molecule has 0 saturated heterocycles. The Labute approximate surface area is 105 Å². The van der Waals surface area contributed by atoms with Crippen LogP contribution in [0.4, 0.5) is 11.4 Å². The zero-order valence-electron chi connectivity index (χ0n) is 10.8. The molecule has 0 saturated carbocycles. The maximum Gasteiger partial charge on any atom is 0.272 e. The van der Waals surface area contributed by atoms with E-state index in [9.17, 15) is 4.79 Å². The molecule has 0 unspecified atom stereocenters. The van der Waals surface area contributed by atoms with Gasteiger partial charge in [-0.15, -0.1) is 0 Å². The Morgan fingerprint density at radius 3 is 2.72 bits per heavy atom. The largest absolute Gasteiger partial charge is 0.397 e. The van der Waals surface area contributed by atoms with Crippen LogP contribution in [0.2, 0.25) is 0 Å². The molecule has 0 atom stereocenters. The zero-order chi connectivity index (χ0) is 13.3. The van der Waals surface area contributed by atoms with E-state index in [1.54, 1.807) is 34.8 Å². The Morgan fingerprint density at radius 2 is 2.17 bits per heavy atom. The number of hydrogen-bond donors (Lipinski definition) is 2. The lowest BCUT2D eigenvalue weighted by Crippen LogP contribution is -2.15. The number of aromatic nitrogens is 3. The fourth-order valence-corrected chi connectivity index (χ4v) is 1.90. The molecule has 0 fully saturated rings. The van der Waals surface area contributed by atoms with Gasteiger partial charge in [-0.3, -0.25) is 9.48 Å². The summed E-state index contributed by atoms with van der Waals surface area (Å²) in [6, 6.07) is 1.65. The fourth-order valence-electron chi connectivity index (χ4n) is 1.90. The molecule has 3 N–H and O–H groups in total. The quantitative estimate of drug-likeness (QED) is 0.854. The van der Waals surface area contributed by atoms with Gasteiger partial charge in [0.05, 0.1) is 17.1 Å². The topological polar surface area (TPSA) is 77.9 Å². The summed E-state index contributed by atoms with van der Waals surface area (Å²) in [7, 11) is 3.62. The molecule has 0 aliphatic carbocycles. The van der Waals surface area contributed by atoms with Gasteiger partial charge in [0, 0.05) is 26.5 Å². The predicted molar refractivity (Wildman–Crippen MR) is 70.4 cm³/mol.